The molecule has 1 aromatic heterocycles. The largest absolute Gasteiger partial charge is 0.497 e. The Morgan fingerprint density at radius 3 is 2.57 bits per heavy atom. The molecule has 30 heavy (non-hydrogen) atoms. The quantitative estimate of drug-likeness (QED) is 0.218. The van der Waals surface area contributed by atoms with Crippen molar-refractivity contribution in [1.82, 2.24) is 14.9 Å². The third-order valence-corrected chi connectivity index (χ3v) is 4.90. The first kappa shape index (κ1) is 21.1. The lowest BCUT2D eigenvalue weighted by molar-refractivity contribution is -0.113. The summed E-state index contributed by atoms with van der Waals surface area (Å²) in [6.45, 7) is 1.76. The highest BCUT2D eigenvalue weighted by atomic mass is 32.2. The molecule has 3 rings (SSSR count). The van der Waals surface area contributed by atoms with E-state index in [4.69, 9.17) is 10.6 Å². The van der Waals surface area contributed by atoms with E-state index in [1.807, 2.05) is 0 Å². The minimum atomic E-state index is -0.320. The van der Waals surface area contributed by atoms with Gasteiger partial charge in [-0.2, -0.15) is 5.10 Å². The van der Waals surface area contributed by atoms with Crippen LogP contribution in [0.25, 0.3) is 0 Å². The zero-order valence-corrected chi connectivity index (χ0v) is 17.1. The molecular weight excluding hydrogens is 409 g/mol. The van der Waals surface area contributed by atoms with Gasteiger partial charge in [-0.15, -0.1) is 10.2 Å². The van der Waals surface area contributed by atoms with Crippen LogP contribution in [-0.2, 0) is 4.79 Å². The number of halogens is 1. The second-order valence-corrected chi connectivity index (χ2v) is 7.00. The lowest BCUT2D eigenvalue weighted by Gasteiger charge is -2.06. The van der Waals surface area contributed by atoms with Crippen LogP contribution in [0.4, 0.5) is 16.0 Å². The number of hydrogen-bond donors (Lipinski definition) is 3. The first-order valence-electron chi connectivity index (χ1n) is 8.79. The van der Waals surface area contributed by atoms with Gasteiger partial charge in [0.25, 0.3) is 5.95 Å². The van der Waals surface area contributed by atoms with Gasteiger partial charge in [-0.25, -0.2) is 14.5 Å². The first-order chi connectivity index (χ1) is 14.5. The molecule has 1 amide bonds. The Kier molecular flexibility index (Phi) is 6.86. The van der Waals surface area contributed by atoms with Gasteiger partial charge in [0.15, 0.2) is 0 Å². The Hall–Kier alpha value is -3.60. The summed E-state index contributed by atoms with van der Waals surface area (Å²) in [6, 6.07) is 12.9. The second-order valence-electron chi connectivity index (χ2n) is 6.06. The number of thioether (sulfide) groups is 1. The average Bonchev–Trinajstić information content (AvgIpc) is 3.11. The number of nitrogens with zero attached hydrogens (tertiary/aromatic N) is 4. The number of aromatic nitrogens is 3. The number of amides is 1. The number of benzene rings is 2. The molecule has 0 bridgehead atoms. The smallest absolute Gasteiger partial charge is 0.264 e. The number of hydrazone groups is 1. The molecule has 0 fully saturated rings. The monoisotopic (exact) mass is 429 g/mol. The van der Waals surface area contributed by atoms with Crippen LogP contribution < -0.4 is 21.3 Å². The zero-order valence-electron chi connectivity index (χ0n) is 16.3. The van der Waals surface area contributed by atoms with Gasteiger partial charge >= 0.3 is 0 Å². The molecule has 0 radical (unpaired) electrons. The van der Waals surface area contributed by atoms with Crippen LogP contribution in [0.5, 0.6) is 5.75 Å². The number of rotatable bonds is 8. The van der Waals surface area contributed by atoms with Crippen molar-refractivity contribution in [3.8, 4) is 5.75 Å². The maximum absolute atomic E-state index is 13.0. The van der Waals surface area contributed by atoms with Gasteiger partial charge in [0, 0.05) is 5.69 Å². The molecule has 0 aliphatic carbocycles. The summed E-state index contributed by atoms with van der Waals surface area (Å²) in [6.07, 6.45) is 0. The maximum atomic E-state index is 13.0. The highest BCUT2D eigenvalue weighted by molar-refractivity contribution is 7.99. The van der Waals surface area contributed by atoms with Crippen molar-refractivity contribution in [2.75, 3.05) is 29.4 Å². The molecule has 0 aliphatic heterocycles. The number of ether oxygens (including phenoxy) is 1. The van der Waals surface area contributed by atoms with Gasteiger partial charge in [-0.05, 0) is 48.9 Å². The SMILES string of the molecule is COc1ccc(NC(=O)CSc2nnc(N/N=C(\C)c3ccc(F)cc3)n2N)cc1. The number of hydrogen-bond acceptors (Lipinski definition) is 8. The van der Waals surface area contributed by atoms with Crippen LogP contribution in [0.3, 0.4) is 0 Å². The lowest BCUT2D eigenvalue weighted by atomic mass is 10.1. The third kappa shape index (κ3) is 5.47. The maximum Gasteiger partial charge on any atom is 0.264 e. The van der Waals surface area contributed by atoms with Gasteiger partial charge in [0.05, 0.1) is 18.6 Å². The number of nitrogens with two attached hydrogens (primary N) is 1. The van der Waals surface area contributed by atoms with Crippen molar-refractivity contribution < 1.29 is 13.9 Å². The van der Waals surface area contributed by atoms with E-state index in [1.165, 1.54) is 16.8 Å². The minimum Gasteiger partial charge on any atom is -0.497 e. The first-order valence-corrected chi connectivity index (χ1v) is 9.78. The van der Waals surface area contributed by atoms with Crippen LogP contribution in [0.15, 0.2) is 58.8 Å². The molecule has 0 spiro atoms. The highest BCUT2D eigenvalue weighted by Gasteiger charge is 2.12. The van der Waals surface area contributed by atoms with Gasteiger partial charge in [-0.3, -0.25) is 4.79 Å². The van der Waals surface area contributed by atoms with Gasteiger partial charge in [-0.1, -0.05) is 23.9 Å². The molecule has 0 saturated heterocycles. The summed E-state index contributed by atoms with van der Waals surface area (Å²) in [4.78, 5) is 12.1. The van der Waals surface area contributed by atoms with Crippen molar-refractivity contribution in [2.24, 2.45) is 5.10 Å². The third-order valence-electron chi connectivity index (χ3n) is 3.96. The molecule has 156 valence electrons. The Balaban J connectivity index is 1.54. The highest BCUT2D eigenvalue weighted by Crippen LogP contribution is 2.19. The van der Waals surface area contributed by atoms with E-state index in [-0.39, 0.29) is 23.4 Å². The molecule has 9 nitrogen and oxygen atoms in total. The van der Waals surface area contributed by atoms with Crippen molar-refractivity contribution in [1.29, 1.82) is 0 Å². The number of nitrogens with one attached hydrogen (secondary N) is 2. The fourth-order valence-electron chi connectivity index (χ4n) is 2.34. The number of nitrogen functional groups attached to an aromatic ring is 1. The molecule has 11 heteroatoms. The number of anilines is 2. The Labute approximate surface area is 176 Å². The normalized spacial score (nSPS) is 11.2. The molecule has 0 unspecified atom stereocenters. The van der Waals surface area contributed by atoms with Crippen molar-refractivity contribution >= 4 is 35.0 Å². The van der Waals surface area contributed by atoms with E-state index in [0.717, 1.165) is 17.3 Å². The summed E-state index contributed by atoms with van der Waals surface area (Å²) >= 11 is 1.13. The summed E-state index contributed by atoms with van der Waals surface area (Å²) < 4.78 is 19.3. The fourth-order valence-corrected chi connectivity index (χ4v) is 3.00. The molecular formula is C19H20FN7O2S. The summed E-state index contributed by atoms with van der Waals surface area (Å²) in [7, 11) is 1.58. The molecule has 0 aliphatic rings. The van der Waals surface area contributed by atoms with E-state index in [0.29, 0.717) is 22.3 Å². The van der Waals surface area contributed by atoms with Gasteiger partial charge in [0.2, 0.25) is 11.1 Å². The van der Waals surface area contributed by atoms with Crippen molar-refractivity contribution in [2.45, 2.75) is 12.1 Å². The van der Waals surface area contributed by atoms with Crippen LogP contribution in [0.1, 0.15) is 12.5 Å². The molecule has 0 atom stereocenters. The van der Waals surface area contributed by atoms with E-state index in [2.05, 4.69) is 26.0 Å². The van der Waals surface area contributed by atoms with E-state index in [9.17, 15) is 9.18 Å². The molecule has 2 aromatic carbocycles. The van der Waals surface area contributed by atoms with E-state index < -0.39 is 0 Å². The molecule has 0 saturated carbocycles. The Morgan fingerprint density at radius 1 is 1.20 bits per heavy atom. The van der Waals surface area contributed by atoms with E-state index >= 15 is 0 Å². The predicted octanol–water partition coefficient (Wildman–Crippen LogP) is 2.71. The van der Waals surface area contributed by atoms with Crippen LogP contribution in [-0.4, -0.2) is 39.4 Å². The standard InChI is InChI=1S/C19H20FN7O2S/c1-12(13-3-5-14(20)6-4-13)23-24-18-25-26-19(27(18)21)30-11-17(28)22-15-7-9-16(29-2)10-8-15/h3-10H,11,21H2,1-2H3,(H,22,28)(H,24,25)/b23-12+. The average molecular weight is 429 g/mol. The summed E-state index contributed by atoms with van der Waals surface area (Å²) in [5.74, 6) is 6.43. The van der Waals surface area contributed by atoms with Crippen molar-refractivity contribution in [3.05, 3.63) is 59.9 Å². The van der Waals surface area contributed by atoms with Crippen LogP contribution >= 0.6 is 11.8 Å². The Bertz CT molecular complexity index is 1040. The molecule has 4 N–H and O–H groups in total. The molecule has 3 aromatic rings. The fraction of sp³-hybridized carbons (Fsp3) is 0.158. The number of carbonyl (C=O) groups excluding carboxylic acids is 1. The van der Waals surface area contributed by atoms with Crippen LogP contribution in [0, 0.1) is 5.82 Å². The number of methoxy groups -OCH3 is 1. The lowest BCUT2D eigenvalue weighted by Crippen LogP contribution is -2.17. The van der Waals surface area contributed by atoms with E-state index in [1.54, 1.807) is 50.4 Å². The zero-order chi connectivity index (χ0) is 21.5. The minimum absolute atomic E-state index is 0.0965. The van der Waals surface area contributed by atoms with Crippen molar-refractivity contribution in [3.63, 3.8) is 0 Å². The number of carbonyl (C=O) groups is 1. The second kappa shape index (κ2) is 9.74. The van der Waals surface area contributed by atoms with Gasteiger partial charge in [0.1, 0.15) is 11.6 Å². The molecule has 1 heterocycles. The topological polar surface area (TPSA) is 119 Å². The summed E-state index contributed by atoms with van der Waals surface area (Å²) in [5.41, 5.74) is 4.74. The Morgan fingerprint density at radius 2 is 1.90 bits per heavy atom. The van der Waals surface area contributed by atoms with Crippen LogP contribution in [0.2, 0.25) is 0 Å². The van der Waals surface area contributed by atoms with Gasteiger partial charge < -0.3 is 15.9 Å². The predicted molar refractivity (Wildman–Crippen MR) is 115 cm³/mol. The summed E-state index contributed by atoms with van der Waals surface area (Å²) in [5, 5.41) is 15.2.